The molecule has 84 valence electrons. The first-order chi connectivity index (χ1) is 6.65. The van der Waals surface area contributed by atoms with Crippen molar-refractivity contribution in [1.29, 1.82) is 0 Å². The Balaban J connectivity index is 3.67. The molecule has 1 heteroatoms. The van der Waals surface area contributed by atoms with E-state index in [1.165, 1.54) is 25.7 Å². The van der Waals surface area contributed by atoms with E-state index < -0.39 is 0 Å². The van der Waals surface area contributed by atoms with E-state index in [9.17, 15) is 4.79 Å². The third-order valence-corrected chi connectivity index (χ3v) is 3.44. The molecule has 0 rings (SSSR count). The van der Waals surface area contributed by atoms with Gasteiger partial charge in [0, 0.05) is 5.92 Å². The molecule has 0 amide bonds. The van der Waals surface area contributed by atoms with Crippen LogP contribution in [0.1, 0.15) is 59.8 Å². The molecule has 0 bridgehead atoms. The quantitative estimate of drug-likeness (QED) is 0.537. The molecule has 0 radical (unpaired) electrons. The van der Waals surface area contributed by atoms with Crippen LogP contribution in [0.2, 0.25) is 0 Å². The second-order valence-electron chi connectivity index (χ2n) is 4.60. The molecule has 0 saturated carbocycles. The third-order valence-electron chi connectivity index (χ3n) is 3.44. The van der Waals surface area contributed by atoms with Gasteiger partial charge in [0.15, 0.2) is 0 Å². The second kappa shape index (κ2) is 8.02. The van der Waals surface area contributed by atoms with E-state index >= 15 is 0 Å². The lowest BCUT2D eigenvalue weighted by Gasteiger charge is -2.21. The largest absolute Gasteiger partial charge is 0.303 e. The minimum atomic E-state index is 0.254. The summed E-state index contributed by atoms with van der Waals surface area (Å²) in [5.74, 6) is 1.95. The first-order valence-electron chi connectivity index (χ1n) is 6.10. The van der Waals surface area contributed by atoms with Gasteiger partial charge in [-0.2, -0.15) is 0 Å². The average molecular weight is 198 g/mol. The molecule has 1 nitrogen and oxygen atoms in total. The van der Waals surface area contributed by atoms with Crippen LogP contribution in [0.25, 0.3) is 0 Å². The summed E-state index contributed by atoms with van der Waals surface area (Å²) in [7, 11) is 0. The normalized spacial score (nSPS) is 17.4. The van der Waals surface area contributed by atoms with E-state index in [0.717, 1.165) is 24.5 Å². The minimum Gasteiger partial charge on any atom is -0.303 e. The highest BCUT2D eigenvalue weighted by molar-refractivity contribution is 5.52. The highest BCUT2D eigenvalue weighted by Crippen LogP contribution is 2.24. The summed E-state index contributed by atoms with van der Waals surface area (Å²) in [6.07, 6.45) is 7.21. The number of hydrogen-bond donors (Lipinski definition) is 0. The molecule has 0 N–H and O–H groups in total. The lowest BCUT2D eigenvalue weighted by atomic mass is 9.85. The molecule has 14 heavy (non-hydrogen) atoms. The maximum atomic E-state index is 10.4. The Morgan fingerprint density at radius 3 is 2.14 bits per heavy atom. The number of carbonyl (C=O) groups is 1. The van der Waals surface area contributed by atoms with Crippen LogP contribution in [0, 0.1) is 17.8 Å². The number of carbonyl (C=O) groups excluding carboxylic acids is 1. The third kappa shape index (κ3) is 5.41. The van der Waals surface area contributed by atoms with Gasteiger partial charge >= 0.3 is 0 Å². The Bertz CT molecular complexity index is 142. The zero-order valence-electron chi connectivity index (χ0n) is 10.3. The zero-order chi connectivity index (χ0) is 11.0. The van der Waals surface area contributed by atoms with Crippen molar-refractivity contribution in [2.75, 3.05) is 0 Å². The van der Waals surface area contributed by atoms with Gasteiger partial charge in [0.2, 0.25) is 0 Å². The molecule has 0 aliphatic rings. The van der Waals surface area contributed by atoms with Crippen LogP contribution >= 0.6 is 0 Å². The van der Waals surface area contributed by atoms with E-state index in [1.54, 1.807) is 0 Å². The van der Waals surface area contributed by atoms with Crippen molar-refractivity contribution in [1.82, 2.24) is 0 Å². The van der Waals surface area contributed by atoms with Crippen molar-refractivity contribution in [2.24, 2.45) is 17.8 Å². The molecule has 0 aromatic carbocycles. The van der Waals surface area contributed by atoms with Crippen molar-refractivity contribution in [3.05, 3.63) is 0 Å². The molecule has 0 aliphatic heterocycles. The first kappa shape index (κ1) is 13.7. The molecule has 0 aromatic heterocycles. The van der Waals surface area contributed by atoms with Gasteiger partial charge in [-0.15, -0.1) is 0 Å². The molecular weight excluding hydrogens is 172 g/mol. The van der Waals surface area contributed by atoms with Crippen molar-refractivity contribution < 1.29 is 4.79 Å². The molecule has 0 fully saturated rings. The van der Waals surface area contributed by atoms with E-state index in [4.69, 9.17) is 0 Å². The molecule has 3 atom stereocenters. The van der Waals surface area contributed by atoms with Crippen LogP contribution in [-0.4, -0.2) is 6.29 Å². The van der Waals surface area contributed by atoms with E-state index in [-0.39, 0.29) is 5.92 Å². The highest BCUT2D eigenvalue weighted by atomic mass is 16.1. The van der Waals surface area contributed by atoms with Crippen molar-refractivity contribution >= 4 is 6.29 Å². The molecule has 1 unspecified atom stereocenters. The standard InChI is InChI=1S/C13H26O/c1-5-12(4)13(6-2)9-7-8-11(3)10-14/h10-13H,5-9H2,1-4H3/t11-,12+,13?/m0/s1. The monoisotopic (exact) mass is 198 g/mol. The van der Waals surface area contributed by atoms with Gasteiger partial charge in [-0.25, -0.2) is 0 Å². The molecule has 0 aromatic rings. The Labute approximate surface area is 89.3 Å². The summed E-state index contributed by atoms with van der Waals surface area (Å²) in [5, 5.41) is 0. The minimum absolute atomic E-state index is 0.254. The van der Waals surface area contributed by atoms with Crippen LogP contribution in [-0.2, 0) is 4.79 Å². The Morgan fingerprint density at radius 1 is 1.07 bits per heavy atom. The van der Waals surface area contributed by atoms with Crippen LogP contribution in [0.15, 0.2) is 0 Å². The van der Waals surface area contributed by atoms with Crippen molar-refractivity contribution in [3.8, 4) is 0 Å². The Morgan fingerprint density at radius 2 is 1.71 bits per heavy atom. The fraction of sp³-hybridized carbons (Fsp3) is 0.923. The fourth-order valence-corrected chi connectivity index (χ4v) is 1.99. The molecule has 0 heterocycles. The topological polar surface area (TPSA) is 17.1 Å². The fourth-order valence-electron chi connectivity index (χ4n) is 1.99. The SMILES string of the molecule is CCC(CCC[C@H](C)C=O)[C@H](C)CC. The maximum absolute atomic E-state index is 10.4. The van der Waals surface area contributed by atoms with Gasteiger partial charge in [0.1, 0.15) is 6.29 Å². The van der Waals surface area contributed by atoms with Gasteiger partial charge in [-0.05, 0) is 18.3 Å². The van der Waals surface area contributed by atoms with E-state index in [2.05, 4.69) is 20.8 Å². The predicted octanol–water partition coefficient (Wildman–Crippen LogP) is 4.06. The first-order valence-corrected chi connectivity index (χ1v) is 6.10. The van der Waals surface area contributed by atoms with E-state index in [1.807, 2.05) is 6.92 Å². The number of aldehydes is 1. The van der Waals surface area contributed by atoms with Crippen LogP contribution in [0.4, 0.5) is 0 Å². The van der Waals surface area contributed by atoms with Gasteiger partial charge in [-0.3, -0.25) is 0 Å². The van der Waals surface area contributed by atoms with Crippen LogP contribution < -0.4 is 0 Å². The van der Waals surface area contributed by atoms with E-state index in [0.29, 0.717) is 0 Å². The van der Waals surface area contributed by atoms with Gasteiger partial charge in [-0.1, -0.05) is 53.4 Å². The zero-order valence-corrected chi connectivity index (χ0v) is 10.3. The van der Waals surface area contributed by atoms with Crippen LogP contribution in [0.5, 0.6) is 0 Å². The summed E-state index contributed by atoms with van der Waals surface area (Å²) in [5.41, 5.74) is 0. The molecule has 0 spiro atoms. The number of hydrogen-bond acceptors (Lipinski definition) is 1. The lowest BCUT2D eigenvalue weighted by Crippen LogP contribution is -2.10. The van der Waals surface area contributed by atoms with Crippen LogP contribution in [0.3, 0.4) is 0 Å². The molecular formula is C13H26O. The van der Waals surface area contributed by atoms with Gasteiger partial charge < -0.3 is 4.79 Å². The summed E-state index contributed by atoms with van der Waals surface area (Å²) in [6, 6.07) is 0. The summed E-state index contributed by atoms with van der Waals surface area (Å²) in [6.45, 7) is 8.90. The Hall–Kier alpha value is -0.330. The van der Waals surface area contributed by atoms with Gasteiger partial charge in [0.25, 0.3) is 0 Å². The maximum Gasteiger partial charge on any atom is 0.122 e. The number of rotatable bonds is 8. The highest BCUT2D eigenvalue weighted by Gasteiger charge is 2.13. The summed E-state index contributed by atoms with van der Waals surface area (Å²) in [4.78, 5) is 10.4. The van der Waals surface area contributed by atoms with Crippen molar-refractivity contribution in [3.63, 3.8) is 0 Å². The lowest BCUT2D eigenvalue weighted by molar-refractivity contribution is -0.110. The van der Waals surface area contributed by atoms with Gasteiger partial charge in [0.05, 0.1) is 0 Å². The summed E-state index contributed by atoms with van der Waals surface area (Å²) < 4.78 is 0. The average Bonchev–Trinajstić information content (AvgIpc) is 2.22. The molecule has 0 saturated heterocycles. The smallest absolute Gasteiger partial charge is 0.122 e. The molecule has 0 aliphatic carbocycles. The summed E-state index contributed by atoms with van der Waals surface area (Å²) >= 11 is 0. The predicted molar refractivity (Wildman–Crippen MR) is 62.3 cm³/mol. The Kier molecular flexibility index (Phi) is 7.83. The van der Waals surface area contributed by atoms with Crippen molar-refractivity contribution in [2.45, 2.75) is 59.8 Å². The second-order valence-corrected chi connectivity index (χ2v) is 4.60.